The van der Waals surface area contributed by atoms with E-state index in [1.54, 1.807) is 0 Å². The molecule has 0 saturated carbocycles. The molecule has 1 fully saturated rings. The Labute approximate surface area is 110 Å². The second-order valence-corrected chi connectivity index (χ2v) is 5.14. The van der Waals surface area contributed by atoms with Crippen molar-refractivity contribution in [2.75, 3.05) is 13.6 Å². The van der Waals surface area contributed by atoms with Crippen LogP contribution in [0.3, 0.4) is 0 Å². The van der Waals surface area contributed by atoms with E-state index in [2.05, 4.69) is 46.5 Å². The van der Waals surface area contributed by atoms with Crippen LogP contribution in [0.1, 0.15) is 43.7 Å². The minimum absolute atomic E-state index is 0.480. The SMILES string of the molecule is CNCCCCCC1CC(c2ccccc2)NN1. The summed E-state index contributed by atoms with van der Waals surface area (Å²) in [7, 11) is 2.02. The van der Waals surface area contributed by atoms with Gasteiger partial charge in [-0.15, -0.1) is 0 Å². The topological polar surface area (TPSA) is 36.1 Å². The molecule has 1 heterocycles. The molecule has 2 atom stereocenters. The van der Waals surface area contributed by atoms with Crippen molar-refractivity contribution in [2.24, 2.45) is 0 Å². The van der Waals surface area contributed by atoms with Gasteiger partial charge in [0.05, 0.1) is 0 Å². The largest absolute Gasteiger partial charge is 0.320 e. The fourth-order valence-electron chi connectivity index (χ4n) is 2.58. The Morgan fingerprint density at radius 3 is 2.72 bits per heavy atom. The average molecular weight is 247 g/mol. The van der Waals surface area contributed by atoms with E-state index in [4.69, 9.17) is 0 Å². The molecular weight excluding hydrogens is 222 g/mol. The zero-order valence-electron chi connectivity index (χ0n) is 11.3. The lowest BCUT2D eigenvalue weighted by atomic mass is 9.99. The summed E-state index contributed by atoms with van der Waals surface area (Å²) in [6.07, 6.45) is 6.42. The van der Waals surface area contributed by atoms with E-state index in [1.807, 2.05) is 7.05 Å². The maximum Gasteiger partial charge on any atom is 0.0477 e. The Morgan fingerprint density at radius 1 is 1.11 bits per heavy atom. The van der Waals surface area contributed by atoms with Gasteiger partial charge >= 0.3 is 0 Å². The van der Waals surface area contributed by atoms with Gasteiger partial charge in [-0.1, -0.05) is 43.2 Å². The first-order valence-electron chi connectivity index (χ1n) is 7.11. The molecule has 1 aromatic rings. The predicted octanol–water partition coefficient (Wildman–Crippen LogP) is 2.37. The Kier molecular flexibility index (Phi) is 5.65. The summed E-state index contributed by atoms with van der Waals surface area (Å²) >= 11 is 0. The number of nitrogens with one attached hydrogen (secondary N) is 3. The molecule has 0 bridgehead atoms. The predicted molar refractivity (Wildman–Crippen MR) is 76.3 cm³/mol. The summed E-state index contributed by atoms with van der Waals surface area (Å²) in [4.78, 5) is 0. The molecule has 0 aromatic heterocycles. The van der Waals surface area contributed by atoms with Crippen molar-refractivity contribution in [3.63, 3.8) is 0 Å². The lowest BCUT2D eigenvalue weighted by Crippen LogP contribution is -2.30. The molecule has 1 aliphatic rings. The average Bonchev–Trinajstić information content (AvgIpc) is 2.88. The van der Waals surface area contributed by atoms with Gasteiger partial charge in [-0.2, -0.15) is 0 Å². The number of rotatable bonds is 7. The Morgan fingerprint density at radius 2 is 1.94 bits per heavy atom. The molecule has 3 heteroatoms. The van der Waals surface area contributed by atoms with Crippen molar-refractivity contribution in [3.05, 3.63) is 35.9 Å². The molecule has 1 aromatic carbocycles. The lowest BCUT2D eigenvalue weighted by molar-refractivity contribution is 0.486. The fraction of sp³-hybridized carbons (Fsp3) is 0.600. The molecule has 1 saturated heterocycles. The van der Waals surface area contributed by atoms with Crippen LogP contribution in [0.25, 0.3) is 0 Å². The fourth-order valence-corrected chi connectivity index (χ4v) is 2.58. The summed E-state index contributed by atoms with van der Waals surface area (Å²) in [5.74, 6) is 0. The zero-order valence-corrected chi connectivity index (χ0v) is 11.3. The summed E-state index contributed by atoms with van der Waals surface area (Å²) in [6.45, 7) is 1.14. The van der Waals surface area contributed by atoms with Crippen LogP contribution in [0.4, 0.5) is 0 Å². The van der Waals surface area contributed by atoms with Crippen molar-refractivity contribution in [1.29, 1.82) is 0 Å². The highest BCUT2D eigenvalue weighted by atomic mass is 15.4. The zero-order chi connectivity index (χ0) is 12.6. The van der Waals surface area contributed by atoms with Gasteiger partial charge in [0.2, 0.25) is 0 Å². The quantitative estimate of drug-likeness (QED) is 0.647. The summed E-state index contributed by atoms with van der Waals surface area (Å²) in [5.41, 5.74) is 8.23. The van der Waals surface area contributed by atoms with Gasteiger partial charge < -0.3 is 5.32 Å². The van der Waals surface area contributed by atoms with Crippen molar-refractivity contribution in [2.45, 2.75) is 44.2 Å². The van der Waals surface area contributed by atoms with Crippen LogP contribution in [0.5, 0.6) is 0 Å². The van der Waals surface area contributed by atoms with E-state index in [9.17, 15) is 0 Å². The van der Waals surface area contributed by atoms with Gasteiger partial charge in [-0.3, -0.25) is 10.9 Å². The van der Waals surface area contributed by atoms with Crippen molar-refractivity contribution in [3.8, 4) is 0 Å². The molecule has 2 rings (SSSR count). The van der Waals surface area contributed by atoms with E-state index < -0.39 is 0 Å². The molecule has 0 radical (unpaired) electrons. The third kappa shape index (κ3) is 4.09. The van der Waals surface area contributed by atoms with E-state index in [-0.39, 0.29) is 0 Å². The maximum atomic E-state index is 3.43. The Balaban J connectivity index is 1.66. The van der Waals surface area contributed by atoms with E-state index in [0.29, 0.717) is 12.1 Å². The number of hydrazine groups is 1. The molecule has 3 N–H and O–H groups in total. The highest BCUT2D eigenvalue weighted by Crippen LogP contribution is 2.24. The second-order valence-electron chi connectivity index (χ2n) is 5.14. The smallest absolute Gasteiger partial charge is 0.0477 e. The first kappa shape index (κ1) is 13.5. The third-order valence-electron chi connectivity index (χ3n) is 3.66. The van der Waals surface area contributed by atoms with Gasteiger partial charge in [-0.05, 0) is 38.4 Å². The van der Waals surface area contributed by atoms with E-state index >= 15 is 0 Å². The van der Waals surface area contributed by atoms with Crippen LogP contribution in [-0.2, 0) is 0 Å². The van der Waals surface area contributed by atoms with Crippen LogP contribution in [0.2, 0.25) is 0 Å². The van der Waals surface area contributed by atoms with E-state index in [1.165, 1.54) is 37.7 Å². The first-order valence-corrected chi connectivity index (χ1v) is 7.11. The highest BCUT2D eigenvalue weighted by molar-refractivity contribution is 5.19. The monoisotopic (exact) mass is 247 g/mol. The van der Waals surface area contributed by atoms with Gasteiger partial charge in [0.1, 0.15) is 0 Å². The van der Waals surface area contributed by atoms with Crippen LogP contribution in [0, 0.1) is 0 Å². The lowest BCUT2D eigenvalue weighted by Gasteiger charge is -2.09. The number of benzene rings is 1. The minimum Gasteiger partial charge on any atom is -0.320 e. The van der Waals surface area contributed by atoms with Crippen molar-refractivity contribution >= 4 is 0 Å². The highest BCUT2D eigenvalue weighted by Gasteiger charge is 2.23. The second kappa shape index (κ2) is 7.52. The summed E-state index contributed by atoms with van der Waals surface area (Å²) in [5, 5.41) is 3.20. The molecule has 0 amide bonds. The van der Waals surface area contributed by atoms with Gasteiger partial charge in [-0.25, -0.2) is 0 Å². The molecule has 100 valence electrons. The number of hydrogen-bond donors (Lipinski definition) is 3. The minimum atomic E-state index is 0.480. The molecule has 1 aliphatic heterocycles. The molecule has 0 aliphatic carbocycles. The van der Waals surface area contributed by atoms with Gasteiger partial charge in [0.25, 0.3) is 0 Å². The molecule has 2 unspecified atom stereocenters. The summed E-state index contributed by atoms with van der Waals surface area (Å²) < 4.78 is 0. The van der Waals surface area contributed by atoms with Gasteiger partial charge in [0, 0.05) is 12.1 Å². The Hall–Kier alpha value is -0.900. The van der Waals surface area contributed by atoms with Gasteiger partial charge in [0.15, 0.2) is 0 Å². The number of hydrogen-bond acceptors (Lipinski definition) is 3. The normalized spacial score (nSPS) is 23.4. The molecular formula is C15H25N3. The first-order chi connectivity index (χ1) is 8.90. The standard InChI is InChI=1S/C15H25N3/c1-16-11-7-3-6-10-14-12-15(18-17-14)13-8-4-2-5-9-13/h2,4-5,8-9,14-18H,3,6-7,10-12H2,1H3. The van der Waals surface area contributed by atoms with Crippen molar-refractivity contribution in [1.82, 2.24) is 16.2 Å². The maximum absolute atomic E-state index is 3.43. The van der Waals surface area contributed by atoms with Crippen molar-refractivity contribution < 1.29 is 0 Å². The van der Waals surface area contributed by atoms with Crippen LogP contribution in [0.15, 0.2) is 30.3 Å². The van der Waals surface area contributed by atoms with Crippen LogP contribution in [-0.4, -0.2) is 19.6 Å². The third-order valence-corrected chi connectivity index (χ3v) is 3.66. The van der Waals surface area contributed by atoms with Crippen LogP contribution >= 0.6 is 0 Å². The molecule has 18 heavy (non-hydrogen) atoms. The number of unbranched alkanes of at least 4 members (excludes halogenated alkanes) is 2. The molecule has 0 spiro atoms. The molecule has 3 nitrogen and oxygen atoms in total. The Bertz CT molecular complexity index is 326. The van der Waals surface area contributed by atoms with E-state index in [0.717, 1.165) is 6.54 Å². The van der Waals surface area contributed by atoms with Crippen LogP contribution < -0.4 is 16.2 Å². The summed E-state index contributed by atoms with van der Waals surface area (Å²) in [6, 6.07) is 11.8.